The highest BCUT2D eigenvalue weighted by atomic mass is 16.7. The minimum atomic E-state index is -0.182. The van der Waals surface area contributed by atoms with E-state index in [0.717, 1.165) is 5.57 Å². The quantitative estimate of drug-likeness (QED) is 0.458. The van der Waals surface area contributed by atoms with Gasteiger partial charge in [-0.25, -0.2) is 0 Å². The van der Waals surface area contributed by atoms with E-state index in [0.29, 0.717) is 13.4 Å². The zero-order chi connectivity index (χ0) is 6.91. The van der Waals surface area contributed by atoms with Gasteiger partial charge in [-0.15, -0.1) is 0 Å². The van der Waals surface area contributed by atoms with Crippen molar-refractivity contribution in [1.29, 1.82) is 0 Å². The van der Waals surface area contributed by atoms with Crippen LogP contribution in [0.15, 0.2) is 12.2 Å². The summed E-state index contributed by atoms with van der Waals surface area (Å²) in [4.78, 5) is 0. The monoisotopic (exact) mass is 128 g/mol. The lowest BCUT2D eigenvalue weighted by Crippen LogP contribution is -2.34. The molecule has 0 saturated carbocycles. The van der Waals surface area contributed by atoms with Gasteiger partial charge in [-0.3, -0.25) is 0 Å². The second-order valence-electron chi connectivity index (χ2n) is 2.72. The van der Waals surface area contributed by atoms with E-state index >= 15 is 0 Å². The molecule has 9 heavy (non-hydrogen) atoms. The Bertz CT molecular complexity index is 127. The Morgan fingerprint density at radius 3 is 2.56 bits per heavy atom. The summed E-state index contributed by atoms with van der Waals surface area (Å²) >= 11 is 0. The Hall–Kier alpha value is -0.340. The Morgan fingerprint density at radius 2 is 2.22 bits per heavy atom. The summed E-state index contributed by atoms with van der Waals surface area (Å²) in [5.74, 6) is 0. The number of rotatable bonds is 0. The maximum atomic E-state index is 5.26. The Kier molecular flexibility index (Phi) is 1.60. The molecule has 0 aromatic heterocycles. The van der Waals surface area contributed by atoms with Crippen LogP contribution in [-0.4, -0.2) is 19.0 Å². The minimum absolute atomic E-state index is 0.182. The van der Waals surface area contributed by atoms with Crippen LogP contribution >= 0.6 is 0 Å². The second kappa shape index (κ2) is 2.12. The van der Waals surface area contributed by atoms with Crippen molar-refractivity contribution < 1.29 is 9.47 Å². The highest BCUT2D eigenvalue weighted by molar-refractivity contribution is 5.10. The van der Waals surface area contributed by atoms with Crippen LogP contribution in [0.4, 0.5) is 0 Å². The van der Waals surface area contributed by atoms with E-state index < -0.39 is 0 Å². The lowest BCUT2D eigenvalue weighted by molar-refractivity contribution is -0.144. The van der Waals surface area contributed by atoms with Crippen LogP contribution in [0.2, 0.25) is 0 Å². The SMILES string of the molecule is C=C1COCOC1(C)C. The summed E-state index contributed by atoms with van der Waals surface area (Å²) in [6.45, 7) is 8.84. The van der Waals surface area contributed by atoms with Gasteiger partial charge < -0.3 is 9.47 Å². The van der Waals surface area contributed by atoms with Crippen LogP contribution in [-0.2, 0) is 9.47 Å². The van der Waals surface area contributed by atoms with E-state index in [1.54, 1.807) is 0 Å². The largest absolute Gasteiger partial charge is 0.351 e. The molecule has 1 aliphatic heterocycles. The van der Waals surface area contributed by atoms with Crippen molar-refractivity contribution in [3.63, 3.8) is 0 Å². The van der Waals surface area contributed by atoms with Crippen LogP contribution in [0, 0.1) is 0 Å². The first kappa shape index (κ1) is 6.78. The smallest absolute Gasteiger partial charge is 0.148 e. The van der Waals surface area contributed by atoms with Crippen molar-refractivity contribution in [2.24, 2.45) is 0 Å². The molecule has 0 aromatic rings. The van der Waals surface area contributed by atoms with Gasteiger partial charge in [0.05, 0.1) is 12.2 Å². The van der Waals surface area contributed by atoms with Crippen molar-refractivity contribution in [2.75, 3.05) is 13.4 Å². The zero-order valence-corrected chi connectivity index (χ0v) is 5.94. The molecule has 2 heteroatoms. The van der Waals surface area contributed by atoms with E-state index in [4.69, 9.17) is 9.47 Å². The minimum Gasteiger partial charge on any atom is -0.351 e. The zero-order valence-electron chi connectivity index (χ0n) is 5.94. The van der Waals surface area contributed by atoms with Gasteiger partial charge in [-0.05, 0) is 19.4 Å². The van der Waals surface area contributed by atoms with Crippen molar-refractivity contribution in [3.8, 4) is 0 Å². The van der Waals surface area contributed by atoms with Crippen molar-refractivity contribution in [3.05, 3.63) is 12.2 Å². The third-order valence-corrected chi connectivity index (χ3v) is 1.63. The number of hydrogen-bond donors (Lipinski definition) is 0. The van der Waals surface area contributed by atoms with E-state index in [1.807, 2.05) is 13.8 Å². The molecule has 0 unspecified atom stereocenters. The fraction of sp³-hybridized carbons (Fsp3) is 0.714. The third kappa shape index (κ3) is 1.32. The molecule has 1 rings (SSSR count). The van der Waals surface area contributed by atoms with Gasteiger partial charge in [0.1, 0.15) is 6.79 Å². The first-order valence-electron chi connectivity index (χ1n) is 3.03. The highest BCUT2D eigenvalue weighted by Gasteiger charge is 2.25. The van der Waals surface area contributed by atoms with Gasteiger partial charge in [0, 0.05) is 0 Å². The molecular weight excluding hydrogens is 116 g/mol. The first-order valence-corrected chi connectivity index (χ1v) is 3.03. The molecule has 0 spiro atoms. The molecule has 0 N–H and O–H groups in total. The van der Waals surface area contributed by atoms with Crippen LogP contribution in [0.1, 0.15) is 13.8 Å². The normalized spacial score (nSPS) is 26.2. The molecule has 0 amide bonds. The summed E-state index contributed by atoms with van der Waals surface area (Å²) in [6.07, 6.45) is 0. The molecule has 0 aliphatic carbocycles. The van der Waals surface area contributed by atoms with Gasteiger partial charge in [-0.1, -0.05) is 6.58 Å². The van der Waals surface area contributed by atoms with Gasteiger partial charge in [0.15, 0.2) is 0 Å². The Balaban J connectivity index is 2.60. The van der Waals surface area contributed by atoms with Gasteiger partial charge in [0.25, 0.3) is 0 Å². The second-order valence-corrected chi connectivity index (χ2v) is 2.72. The van der Waals surface area contributed by atoms with Crippen LogP contribution in [0.25, 0.3) is 0 Å². The predicted molar refractivity (Wildman–Crippen MR) is 35.1 cm³/mol. The Labute approximate surface area is 55.5 Å². The Morgan fingerprint density at radius 1 is 1.56 bits per heavy atom. The fourth-order valence-electron chi connectivity index (χ4n) is 0.630. The van der Waals surface area contributed by atoms with Crippen LogP contribution in [0.5, 0.6) is 0 Å². The number of hydrogen-bond acceptors (Lipinski definition) is 2. The van der Waals surface area contributed by atoms with Crippen LogP contribution < -0.4 is 0 Å². The molecule has 2 nitrogen and oxygen atoms in total. The molecule has 0 bridgehead atoms. The molecule has 1 heterocycles. The molecule has 52 valence electrons. The average Bonchev–Trinajstić information content (AvgIpc) is 1.77. The molecule has 1 fully saturated rings. The summed E-state index contributed by atoms with van der Waals surface area (Å²) in [7, 11) is 0. The van der Waals surface area contributed by atoms with Gasteiger partial charge in [-0.2, -0.15) is 0 Å². The van der Waals surface area contributed by atoms with Crippen molar-refractivity contribution >= 4 is 0 Å². The maximum Gasteiger partial charge on any atom is 0.148 e. The van der Waals surface area contributed by atoms with Crippen molar-refractivity contribution in [2.45, 2.75) is 19.4 Å². The van der Waals surface area contributed by atoms with E-state index in [9.17, 15) is 0 Å². The average molecular weight is 128 g/mol. The molecule has 1 aliphatic rings. The van der Waals surface area contributed by atoms with E-state index in [-0.39, 0.29) is 5.60 Å². The summed E-state index contributed by atoms with van der Waals surface area (Å²) in [6, 6.07) is 0. The standard InChI is InChI=1S/C7H12O2/c1-6-4-8-5-9-7(6,2)3/h1,4-5H2,2-3H3. The highest BCUT2D eigenvalue weighted by Crippen LogP contribution is 2.22. The van der Waals surface area contributed by atoms with Crippen molar-refractivity contribution in [1.82, 2.24) is 0 Å². The van der Waals surface area contributed by atoms with E-state index in [2.05, 4.69) is 6.58 Å². The summed E-state index contributed by atoms with van der Waals surface area (Å²) in [5, 5.41) is 0. The lowest BCUT2D eigenvalue weighted by Gasteiger charge is -2.31. The van der Waals surface area contributed by atoms with Crippen LogP contribution in [0.3, 0.4) is 0 Å². The third-order valence-electron chi connectivity index (χ3n) is 1.63. The molecule has 0 radical (unpaired) electrons. The molecule has 0 aromatic carbocycles. The molecular formula is C7H12O2. The fourth-order valence-corrected chi connectivity index (χ4v) is 0.630. The number of ether oxygens (including phenoxy) is 2. The molecule has 1 saturated heterocycles. The predicted octanol–water partition coefficient (Wildman–Crippen LogP) is 1.33. The first-order chi connectivity index (χ1) is 4.13. The summed E-state index contributed by atoms with van der Waals surface area (Å²) < 4.78 is 10.3. The lowest BCUT2D eigenvalue weighted by atomic mass is 10.00. The van der Waals surface area contributed by atoms with E-state index in [1.165, 1.54) is 0 Å². The van der Waals surface area contributed by atoms with Gasteiger partial charge in [0.2, 0.25) is 0 Å². The topological polar surface area (TPSA) is 18.5 Å². The van der Waals surface area contributed by atoms with Gasteiger partial charge >= 0.3 is 0 Å². The molecule has 0 atom stereocenters. The maximum absolute atomic E-state index is 5.26. The summed E-state index contributed by atoms with van der Waals surface area (Å²) in [5.41, 5.74) is 0.826.